The van der Waals surface area contributed by atoms with Crippen molar-refractivity contribution in [1.82, 2.24) is 30.0 Å². The van der Waals surface area contributed by atoms with E-state index in [0.29, 0.717) is 17.8 Å². The lowest BCUT2D eigenvalue weighted by Crippen LogP contribution is -2.29. The van der Waals surface area contributed by atoms with Crippen LogP contribution < -0.4 is 0 Å². The summed E-state index contributed by atoms with van der Waals surface area (Å²) in [6.45, 7) is 19.4. The van der Waals surface area contributed by atoms with Gasteiger partial charge < -0.3 is 10.2 Å². The summed E-state index contributed by atoms with van der Waals surface area (Å²) in [5.41, 5.74) is 9.47. The predicted octanol–water partition coefficient (Wildman–Crippen LogP) is 11.0. The van der Waals surface area contributed by atoms with Gasteiger partial charge in [-0.15, -0.1) is 30.0 Å². The van der Waals surface area contributed by atoms with Crippen LogP contribution in [0.3, 0.4) is 0 Å². The molecule has 0 saturated heterocycles. The summed E-state index contributed by atoms with van der Waals surface area (Å²) in [6, 6.07) is 43.1. The minimum Gasteiger partial charge on any atom is -0.505 e. The summed E-state index contributed by atoms with van der Waals surface area (Å²) in [5, 5.41) is 43.4. The Morgan fingerprint density at radius 1 is 0.431 bits per heavy atom. The van der Waals surface area contributed by atoms with Gasteiger partial charge in [0.05, 0.1) is 0 Å². The molecule has 294 valence electrons. The van der Waals surface area contributed by atoms with Crippen LogP contribution in [0.25, 0.3) is 33.4 Å². The van der Waals surface area contributed by atoms with Gasteiger partial charge in [0.2, 0.25) is 0 Å². The van der Waals surface area contributed by atoms with Crippen LogP contribution in [0.4, 0.5) is 0 Å². The van der Waals surface area contributed by atoms with E-state index in [-0.39, 0.29) is 22.3 Å². The minimum atomic E-state index is -0.581. The molecule has 0 fully saturated rings. The molecule has 1 atom stereocenters. The number of aromatic nitrogens is 6. The number of aromatic hydroxyl groups is 2. The van der Waals surface area contributed by atoms with E-state index in [1.165, 1.54) is 0 Å². The number of nitrogens with zero attached hydrogens (tertiary/aromatic N) is 6. The van der Waals surface area contributed by atoms with Crippen molar-refractivity contribution in [3.63, 3.8) is 0 Å². The molecular formula is C50H52N6O2. The van der Waals surface area contributed by atoms with E-state index < -0.39 is 10.8 Å². The van der Waals surface area contributed by atoms with E-state index in [9.17, 15) is 10.2 Å². The first kappa shape index (κ1) is 38.6. The molecule has 0 aliphatic rings. The van der Waals surface area contributed by atoms with Crippen molar-refractivity contribution in [1.29, 1.82) is 0 Å². The summed E-state index contributed by atoms with van der Waals surface area (Å²) in [6.07, 6.45) is 0.614. The van der Waals surface area contributed by atoms with Crippen LogP contribution >= 0.6 is 0 Å². The fourth-order valence-electron chi connectivity index (χ4n) is 8.08. The molecule has 58 heavy (non-hydrogen) atoms. The molecule has 8 heteroatoms. The third kappa shape index (κ3) is 6.91. The van der Waals surface area contributed by atoms with Crippen LogP contribution in [0.15, 0.2) is 127 Å². The fraction of sp³-hybridized carbons (Fsp3) is 0.280. The molecule has 2 aromatic heterocycles. The average Bonchev–Trinajstić information content (AvgIpc) is 3.82. The number of phenols is 2. The van der Waals surface area contributed by atoms with Gasteiger partial charge >= 0.3 is 0 Å². The molecule has 1 unspecified atom stereocenters. The maximum absolute atomic E-state index is 12.2. The van der Waals surface area contributed by atoms with Crippen molar-refractivity contribution in [2.75, 3.05) is 0 Å². The number of hydrogen-bond acceptors (Lipinski definition) is 6. The zero-order valence-corrected chi connectivity index (χ0v) is 34.9. The summed E-state index contributed by atoms with van der Waals surface area (Å²) in [4.78, 5) is 3.15. The van der Waals surface area contributed by atoms with E-state index in [1.54, 1.807) is 9.59 Å². The van der Waals surface area contributed by atoms with Crippen molar-refractivity contribution in [3.8, 4) is 22.9 Å². The maximum Gasteiger partial charge on any atom is 0.147 e. The Labute approximate surface area is 340 Å². The van der Waals surface area contributed by atoms with Crippen molar-refractivity contribution in [2.24, 2.45) is 0 Å². The molecule has 0 bridgehead atoms. The maximum atomic E-state index is 12.2. The standard InChI is InChI=1S/C50H52N6O2/c1-47(2,3)35-27-37(48(4,5)6)45(57)43(29-35)56-53-41-25-24-32(26-42(41)54-56)31-50(9,34-20-14-11-15-21-34)36-28-38(49(7,8)33-18-12-10-13-19-33)46(58)44(30-36)55-51-39-22-16-17-23-40(39)52-55/h10-30,57-58H,31H2,1-9H3. The SMILES string of the molecule is CC(C)(C)c1cc(-n2nc3ccc(CC(C)(c4ccccc4)c4cc(-n5nc6ccccc6n5)c(O)c(C(C)(C)c5ccccc5)c4)cc3n2)c(O)c(C(C)(C)C)c1. The number of rotatable bonds is 8. The number of phenolic OH excluding ortho intramolecular Hbond substituents is 2. The molecule has 2 heterocycles. The van der Waals surface area contributed by atoms with Gasteiger partial charge in [-0.3, -0.25) is 0 Å². The zero-order valence-electron chi connectivity index (χ0n) is 34.9. The third-order valence-electron chi connectivity index (χ3n) is 11.8. The van der Waals surface area contributed by atoms with Crippen LogP contribution in [0, 0.1) is 0 Å². The van der Waals surface area contributed by atoms with Crippen LogP contribution in [-0.2, 0) is 28.1 Å². The van der Waals surface area contributed by atoms with Gasteiger partial charge in [-0.1, -0.05) is 153 Å². The first-order valence-electron chi connectivity index (χ1n) is 20.0. The first-order chi connectivity index (χ1) is 27.4. The van der Waals surface area contributed by atoms with Crippen molar-refractivity contribution in [3.05, 3.63) is 166 Å². The smallest absolute Gasteiger partial charge is 0.147 e. The minimum absolute atomic E-state index is 0.139. The first-order valence-corrected chi connectivity index (χ1v) is 20.0. The Bertz CT molecular complexity index is 2760. The lowest BCUT2D eigenvalue weighted by molar-refractivity contribution is 0.438. The highest BCUT2D eigenvalue weighted by atomic mass is 16.3. The van der Waals surface area contributed by atoms with Crippen molar-refractivity contribution < 1.29 is 10.2 Å². The molecular weight excluding hydrogens is 717 g/mol. The Morgan fingerprint density at radius 3 is 1.45 bits per heavy atom. The number of fused-ring (bicyclic) bond motifs is 2. The molecule has 6 aromatic carbocycles. The van der Waals surface area contributed by atoms with E-state index in [1.807, 2.05) is 66.7 Å². The topological polar surface area (TPSA) is 102 Å². The Kier molecular flexibility index (Phi) is 9.30. The van der Waals surface area contributed by atoms with Crippen LogP contribution in [0.1, 0.15) is 101 Å². The molecule has 8 aromatic rings. The van der Waals surface area contributed by atoms with E-state index in [2.05, 4.69) is 123 Å². The Morgan fingerprint density at radius 2 is 0.897 bits per heavy atom. The second-order valence-electron chi connectivity index (χ2n) is 18.4. The second-order valence-corrected chi connectivity index (χ2v) is 18.4. The third-order valence-corrected chi connectivity index (χ3v) is 11.8. The van der Waals surface area contributed by atoms with Gasteiger partial charge in [0.1, 0.15) is 44.9 Å². The summed E-state index contributed by atoms with van der Waals surface area (Å²) >= 11 is 0. The Balaban J connectivity index is 1.29. The van der Waals surface area contributed by atoms with Gasteiger partial charge in [0, 0.05) is 22.0 Å². The number of hydrogen-bond donors (Lipinski definition) is 2. The molecule has 0 saturated carbocycles. The zero-order chi connectivity index (χ0) is 41.2. The normalized spacial score (nSPS) is 13.6. The van der Waals surface area contributed by atoms with E-state index in [0.717, 1.165) is 61.0 Å². The van der Waals surface area contributed by atoms with Gasteiger partial charge in [-0.2, -0.15) is 0 Å². The largest absolute Gasteiger partial charge is 0.505 e. The lowest BCUT2D eigenvalue weighted by atomic mass is 9.69. The average molecular weight is 769 g/mol. The van der Waals surface area contributed by atoms with Gasteiger partial charge in [-0.25, -0.2) is 0 Å². The molecule has 0 spiro atoms. The molecule has 0 aliphatic heterocycles. The highest BCUT2D eigenvalue weighted by molar-refractivity contribution is 5.76. The molecule has 0 radical (unpaired) electrons. The molecule has 0 aliphatic carbocycles. The van der Waals surface area contributed by atoms with Crippen molar-refractivity contribution >= 4 is 22.1 Å². The van der Waals surface area contributed by atoms with Gasteiger partial charge in [0.25, 0.3) is 0 Å². The summed E-state index contributed by atoms with van der Waals surface area (Å²) < 4.78 is 0. The number of benzene rings is 6. The van der Waals surface area contributed by atoms with Gasteiger partial charge in [-0.05, 0) is 81.5 Å². The van der Waals surface area contributed by atoms with Crippen LogP contribution in [0.2, 0.25) is 0 Å². The molecule has 8 nitrogen and oxygen atoms in total. The lowest BCUT2D eigenvalue weighted by Gasteiger charge is -2.35. The highest BCUT2D eigenvalue weighted by Crippen LogP contribution is 2.45. The second kappa shape index (κ2) is 14.0. The summed E-state index contributed by atoms with van der Waals surface area (Å²) in [5.74, 6) is 0.328. The monoisotopic (exact) mass is 768 g/mol. The van der Waals surface area contributed by atoms with Crippen LogP contribution in [-0.4, -0.2) is 40.2 Å². The van der Waals surface area contributed by atoms with Gasteiger partial charge in [0.15, 0.2) is 0 Å². The summed E-state index contributed by atoms with van der Waals surface area (Å²) in [7, 11) is 0. The Hall–Kier alpha value is -6.28. The van der Waals surface area contributed by atoms with Crippen LogP contribution in [0.5, 0.6) is 11.5 Å². The van der Waals surface area contributed by atoms with E-state index >= 15 is 0 Å². The molecule has 0 amide bonds. The van der Waals surface area contributed by atoms with E-state index in [4.69, 9.17) is 20.4 Å². The predicted molar refractivity (Wildman–Crippen MR) is 234 cm³/mol. The quantitative estimate of drug-likeness (QED) is 0.160. The molecule has 8 rings (SSSR count). The molecule has 2 N–H and O–H groups in total. The highest BCUT2D eigenvalue weighted by Gasteiger charge is 2.36. The fourth-order valence-corrected chi connectivity index (χ4v) is 8.08. The van der Waals surface area contributed by atoms with Crippen molar-refractivity contribution in [2.45, 2.75) is 90.4 Å².